The van der Waals surface area contributed by atoms with Crippen LogP contribution in [0.4, 0.5) is 5.69 Å². The van der Waals surface area contributed by atoms with Crippen LogP contribution in [0.3, 0.4) is 0 Å². The van der Waals surface area contributed by atoms with Gasteiger partial charge in [0, 0.05) is 21.6 Å². The van der Waals surface area contributed by atoms with Crippen LogP contribution in [0.15, 0.2) is 82.7 Å². The minimum Gasteiger partial charge on any atom is -0.497 e. The van der Waals surface area contributed by atoms with E-state index in [0.29, 0.717) is 0 Å². The Hall–Kier alpha value is -2.65. The Bertz CT molecular complexity index is 992. The Balaban J connectivity index is 1.60. The fourth-order valence-electron chi connectivity index (χ4n) is 3.37. The van der Waals surface area contributed by atoms with Crippen LogP contribution >= 0.6 is 11.8 Å². The molecule has 0 atom stereocenters. The van der Waals surface area contributed by atoms with E-state index in [-0.39, 0.29) is 0 Å². The second kappa shape index (κ2) is 7.53. The van der Waals surface area contributed by atoms with Crippen LogP contribution < -0.4 is 9.64 Å². The summed E-state index contributed by atoms with van der Waals surface area (Å²) in [4.78, 5) is 4.81. The van der Waals surface area contributed by atoms with Gasteiger partial charge in [-0.2, -0.15) is 0 Å². The van der Waals surface area contributed by atoms with Crippen molar-refractivity contribution in [3.8, 4) is 5.75 Å². The van der Waals surface area contributed by atoms with Crippen molar-refractivity contribution in [2.24, 2.45) is 0 Å². The molecule has 136 valence electrons. The molecule has 0 amide bonds. The number of rotatable bonds is 6. The van der Waals surface area contributed by atoms with E-state index in [1.165, 1.54) is 37.9 Å². The van der Waals surface area contributed by atoms with Gasteiger partial charge in [-0.15, -0.1) is 0 Å². The van der Waals surface area contributed by atoms with E-state index in [9.17, 15) is 0 Å². The van der Waals surface area contributed by atoms with Gasteiger partial charge in [-0.05, 0) is 54.8 Å². The van der Waals surface area contributed by atoms with E-state index in [1.54, 1.807) is 18.9 Å². The van der Waals surface area contributed by atoms with Gasteiger partial charge in [-0.3, -0.25) is 0 Å². The molecule has 0 aliphatic carbocycles. The van der Waals surface area contributed by atoms with Crippen LogP contribution in [-0.4, -0.2) is 7.11 Å². The highest BCUT2D eigenvalue weighted by molar-refractivity contribution is 7.99. The molecule has 4 rings (SSSR count). The Labute approximate surface area is 165 Å². The highest BCUT2D eigenvalue weighted by atomic mass is 32.2. The third-order valence-corrected chi connectivity index (χ3v) is 5.92. The highest BCUT2D eigenvalue weighted by Gasteiger charge is 2.28. The molecule has 1 aliphatic rings. The number of ether oxygens (including phenoxy) is 1. The molecule has 0 bridgehead atoms. The lowest BCUT2D eigenvalue weighted by Crippen LogP contribution is -2.02. The fraction of sp³-hybridized carbons (Fsp3) is 0.167. The van der Waals surface area contributed by atoms with Crippen LogP contribution in [0.25, 0.3) is 5.70 Å². The predicted molar refractivity (Wildman–Crippen MR) is 115 cm³/mol. The molecule has 3 aromatic carbocycles. The van der Waals surface area contributed by atoms with Crippen LogP contribution in [0.1, 0.15) is 23.6 Å². The maximum Gasteiger partial charge on any atom is 0.118 e. The first-order valence-electron chi connectivity index (χ1n) is 9.22. The van der Waals surface area contributed by atoms with E-state index in [4.69, 9.17) is 4.74 Å². The predicted octanol–water partition coefficient (Wildman–Crippen LogP) is 6.54. The quantitative estimate of drug-likeness (QED) is 0.487. The number of para-hydroxylation sites is 1. The number of hydrogen-bond acceptors (Lipinski definition) is 3. The summed E-state index contributed by atoms with van der Waals surface area (Å²) in [6.45, 7) is 4.41. The van der Waals surface area contributed by atoms with E-state index in [0.717, 1.165) is 12.2 Å². The first-order valence-corrected chi connectivity index (χ1v) is 10.0. The summed E-state index contributed by atoms with van der Waals surface area (Å²) in [5.41, 5.74) is 6.61. The van der Waals surface area contributed by atoms with E-state index >= 15 is 0 Å². The van der Waals surface area contributed by atoms with Crippen LogP contribution in [0.5, 0.6) is 5.75 Å². The van der Waals surface area contributed by atoms with Crippen molar-refractivity contribution in [1.82, 2.24) is 0 Å². The molecule has 0 spiro atoms. The average Bonchev–Trinajstić information content (AvgIpc) is 3.49. The van der Waals surface area contributed by atoms with Gasteiger partial charge in [0.2, 0.25) is 0 Å². The summed E-state index contributed by atoms with van der Waals surface area (Å²) < 4.78 is 5.26. The van der Waals surface area contributed by atoms with Gasteiger partial charge < -0.3 is 9.64 Å². The second-order valence-electron chi connectivity index (χ2n) is 6.59. The van der Waals surface area contributed by atoms with Gasteiger partial charge in [0.25, 0.3) is 0 Å². The zero-order valence-electron chi connectivity index (χ0n) is 15.9. The van der Waals surface area contributed by atoms with Crippen molar-refractivity contribution in [3.63, 3.8) is 0 Å². The Morgan fingerprint density at radius 2 is 1.70 bits per heavy atom. The summed E-state index contributed by atoms with van der Waals surface area (Å²) in [6, 6.07) is 23.4. The number of hydrogen-bond donors (Lipinski definition) is 0. The molecule has 0 unspecified atom stereocenters. The van der Waals surface area contributed by atoms with Crippen molar-refractivity contribution in [2.45, 2.75) is 30.1 Å². The number of aryl methyl sites for hydroxylation is 2. The Morgan fingerprint density at radius 1 is 0.926 bits per heavy atom. The summed E-state index contributed by atoms with van der Waals surface area (Å²) in [5.74, 6) is 0.885. The van der Waals surface area contributed by atoms with Gasteiger partial charge in [0.1, 0.15) is 5.75 Å². The van der Waals surface area contributed by atoms with Gasteiger partial charge in [-0.25, -0.2) is 0 Å². The first kappa shape index (κ1) is 17.7. The molecule has 2 nitrogen and oxygen atoms in total. The SMILES string of the molecule is CCc1cccc(C)c1N1C=C1c1ccccc1Sc1ccc(OC)cc1. The maximum atomic E-state index is 5.26. The summed E-state index contributed by atoms with van der Waals surface area (Å²) in [7, 11) is 1.70. The Kier molecular flexibility index (Phi) is 4.95. The van der Waals surface area contributed by atoms with Crippen molar-refractivity contribution >= 4 is 23.1 Å². The normalized spacial score (nSPS) is 12.7. The van der Waals surface area contributed by atoms with Crippen LogP contribution in [-0.2, 0) is 6.42 Å². The molecule has 3 aromatic rings. The molecule has 1 aliphatic heterocycles. The van der Waals surface area contributed by atoms with Gasteiger partial charge in [0.05, 0.1) is 18.5 Å². The lowest BCUT2D eigenvalue weighted by atomic mass is 10.1. The monoisotopic (exact) mass is 373 g/mol. The van der Waals surface area contributed by atoms with Gasteiger partial charge in [-0.1, -0.05) is 55.1 Å². The van der Waals surface area contributed by atoms with E-state index in [1.807, 2.05) is 12.1 Å². The smallest absolute Gasteiger partial charge is 0.118 e. The number of methoxy groups -OCH3 is 1. The first-order chi connectivity index (χ1) is 13.2. The lowest BCUT2D eigenvalue weighted by Gasteiger charge is -2.16. The molecule has 0 aromatic heterocycles. The van der Waals surface area contributed by atoms with Crippen molar-refractivity contribution in [2.75, 3.05) is 12.0 Å². The van der Waals surface area contributed by atoms with Crippen molar-refractivity contribution in [1.29, 1.82) is 0 Å². The number of nitrogens with zero attached hydrogens (tertiary/aromatic N) is 1. The van der Waals surface area contributed by atoms with Crippen LogP contribution in [0.2, 0.25) is 0 Å². The fourth-order valence-corrected chi connectivity index (χ4v) is 4.32. The minimum absolute atomic E-state index is 0.885. The van der Waals surface area contributed by atoms with E-state index < -0.39 is 0 Å². The molecular weight excluding hydrogens is 350 g/mol. The topological polar surface area (TPSA) is 12.2 Å². The third-order valence-electron chi connectivity index (χ3n) is 4.84. The van der Waals surface area contributed by atoms with Gasteiger partial charge >= 0.3 is 0 Å². The molecule has 0 saturated carbocycles. The molecule has 0 fully saturated rings. The van der Waals surface area contributed by atoms with Crippen molar-refractivity contribution < 1.29 is 4.74 Å². The number of benzene rings is 3. The summed E-state index contributed by atoms with van der Waals surface area (Å²) in [5, 5.41) is 0. The molecule has 0 radical (unpaired) electrons. The molecule has 1 heterocycles. The largest absolute Gasteiger partial charge is 0.497 e. The average molecular weight is 374 g/mol. The maximum absolute atomic E-state index is 5.26. The summed E-state index contributed by atoms with van der Waals surface area (Å²) in [6.07, 6.45) is 3.28. The molecule has 0 N–H and O–H groups in total. The third kappa shape index (κ3) is 3.60. The summed E-state index contributed by atoms with van der Waals surface area (Å²) >= 11 is 1.79. The molecular formula is C24H23NOS. The standard InChI is InChI=1S/C24H23NOS/c1-4-18-9-7-8-17(2)24(18)25-16-22(25)21-10-5-6-11-23(21)27-20-14-12-19(26-3)13-15-20/h5-16H,4H2,1-3H3. The molecule has 27 heavy (non-hydrogen) atoms. The zero-order valence-corrected chi connectivity index (χ0v) is 16.7. The molecule has 3 heteroatoms. The van der Waals surface area contributed by atoms with Crippen LogP contribution in [0, 0.1) is 6.92 Å². The molecule has 0 saturated heterocycles. The second-order valence-corrected chi connectivity index (χ2v) is 7.71. The lowest BCUT2D eigenvalue weighted by molar-refractivity contribution is 0.414. The zero-order chi connectivity index (χ0) is 18.8. The van der Waals surface area contributed by atoms with Gasteiger partial charge in [0.15, 0.2) is 0 Å². The minimum atomic E-state index is 0.885. The Morgan fingerprint density at radius 3 is 2.44 bits per heavy atom. The number of anilines is 1. The highest BCUT2D eigenvalue weighted by Crippen LogP contribution is 2.45. The van der Waals surface area contributed by atoms with Crippen molar-refractivity contribution in [3.05, 3.63) is 89.6 Å². The van der Waals surface area contributed by atoms with E-state index in [2.05, 4.69) is 79.5 Å².